The first-order valence-electron chi connectivity index (χ1n) is 7.47. The van der Waals surface area contributed by atoms with E-state index in [2.05, 4.69) is 19.9 Å². The molecule has 27 heavy (non-hydrogen) atoms. The fourth-order valence-electron chi connectivity index (χ4n) is 2.14. The first kappa shape index (κ1) is 20.9. The number of rotatable bonds is 7. The highest BCUT2D eigenvalue weighted by Crippen LogP contribution is 2.22. The van der Waals surface area contributed by atoms with Crippen LogP contribution < -0.4 is 5.73 Å². The van der Waals surface area contributed by atoms with Crippen molar-refractivity contribution in [2.75, 3.05) is 12.5 Å². The molecule has 2 aromatic rings. The van der Waals surface area contributed by atoms with Gasteiger partial charge in [-0.05, 0) is 29.8 Å². The number of nitrogens with two attached hydrogens (primary N) is 1. The largest absolute Gasteiger partial charge is 0.382 e. The number of amidine groups is 1. The number of aromatic nitrogens is 2. The van der Waals surface area contributed by atoms with E-state index in [0.29, 0.717) is 11.3 Å². The summed E-state index contributed by atoms with van der Waals surface area (Å²) in [6.45, 7) is 0.713. The fourth-order valence-corrected chi connectivity index (χ4v) is 4.82. The van der Waals surface area contributed by atoms with Crippen LogP contribution in [0.3, 0.4) is 0 Å². The number of aliphatic imine (C=N–C) groups is 1. The third kappa shape index (κ3) is 5.30. The second-order valence-corrected chi connectivity index (χ2v) is 9.77. The summed E-state index contributed by atoms with van der Waals surface area (Å²) in [4.78, 5) is 4.08. The van der Waals surface area contributed by atoms with E-state index in [4.69, 9.17) is 5.73 Å². The Morgan fingerprint density at radius 3 is 2.44 bits per heavy atom. The Labute approximate surface area is 155 Å². The summed E-state index contributed by atoms with van der Waals surface area (Å²) in [5, 5.41) is 7.07. The average molecular weight is 419 g/mol. The predicted molar refractivity (Wildman–Crippen MR) is 95.9 cm³/mol. The molecule has 0 fully saturated rings. The first-order valence-corrected chi connectivity index (χ1v) is 11.2. The highest BCUT2D eigenvalue weighted by Gasteiger charge is 2.30. The van der Waals surface area contributed by atoms with Gasteiger partial charge in [-0.25, -0.2) is 30.8 Å². The Hall–Kier alpha value is -2.38. The van der Waals surface area contributed by atoms with Crippen LogP contribution in [0.1, 0.15) is 30.0 Å². The van der Waals surface area contributed by atoms with Gasteiger partial charge in [0.05, 0.1) is 24.7 Å². The van der Waals surface area contributed by atoms with E-state index < -0.39 is 32.8 Å². The molecule has 1 aromatic heterocycles. The first-order chi connectivity index (χ1) is 12.4. The molecule has 10 nitrogen and oxygen atoms in total. The van der Waals surface area contributed by atoms with Crippen LogP contribution in [0.25, 0.3) is 0 Å². The van der Waals surface area contributed by atoms with Crippen LogP contribution >= 0.6 is 0 Å². The molecule has 0 aliphatic heterocycles. The van der Waals surface area contributed by atoms with Gasteiger partial charge in [0.1, 0.15) is 11.9 Å². The van der Waals surface area contributed by atoms with Gasteiger partial charge in [-0.2, -0.15) is 0 Å². The van der Waals surface area contributed by atoms with Crippen LogP contribution in [0.4, 0.5) is 10.1 Å². The van der Waals surface area contributed by atoms with Crippen LogP contribution in [0.15, 0.2) is 33.9 Å². The van der Waals surface area contributed by atoms with Gasteiger partial charge >= 0.3 is 0 Å². The van der Waals surface area contributed by atoms with E-state index in [1.807, 2.05) is 0 Å². The van der Waals surface area contributed by atoms with Crippen LogP contribution in [0.2, 0.25) is 0 Å². The molecule has 0 radical (unpaired) electrons. The minimum Gasteiger partial charge on any atom is -0.382 e. The summed E-state index contributed by atoms with van der Waals surface area (Å²) in [6, 6.07) is 6.23. The summed E-state index contributed by atoms with van der Waals surface area (Å²) in [7, 11) is -8.20. The average Bonchev–Trinajstić information content (AvgIpc) is 2.99. The van der Waals surface area contributed by atoms with Crippen molar-refractivity contribution in [1.29, 1.82) is 0 Å². The summed E-state index contributed by atoms with van der Waals surface area (Å²) in [5.41, 5.74) is 6.33. The van der Waals surface area contributed by atoms with Gasteiger partial charge in [-0.1, -0.05) is 21.0 Å². The minimum absolute atomic E-state index is 0.119. The van der Waals surface area contributed by atoms with Gasteiger partial charge in [-0.3, -0.25) is 0 Å². The number of nitrogens with zero attached hydrogens (tertiary/aromatic N) is 4. The molecule has 0 spiro atoms. The van der Waals surface area contributed by atoms with Gasteiger partial charge in [0.2, 0.25) is 20.0 Å². The molecule has 13 heteroatoms. The molecule has 0 bridgehead atoms. The SMILES string of the molecule is CC(F)c1cccc(N=C(N)c2nonc2CN(S(C)(=O)=O)S(C)(=O)=O)c1. The number of sulfonamides is 2. The zero-order chi connectivity index (χ0) is 20.4. The van der Waals surface area contributed by atoms with Crippen LogP contribution in [-0.4, -0.2) is 49.2 Å². The van der Waals surface area contributed by atoms with E-state index in [1.54, 1.807) is 18.2 Å². The molecule has 0 saturated carbocycles. The summed E-state index contributed by atoms with van der Waals surface area (Å²) < 4.78 is 65.2. The van der Waals surface area contributed by atoms with Crippen molar-refractivity contribution in [3.05, 3.63) is 41.2 Å². The van der Waals surface area contributed by atoms with Crippen LogP contribution in [-0.2, 0) is 26.6 Å². The van der Waals surface area contributed by atoms with E-state index in [1.165, 1.54) is 13.0 Å². The highest BCUT2D eigenvalue weighted by molar-refractivity contribution is 8.03. The van der Waals surface area contributed by atoms with Crippen molar-refractivity contribution < 1.29 is 25.9 Å². The molecule has 1 unspecified atom stereocenters. The highest BCUT2D eigenvalue weighted by atomic mass is 32.3. The van der Waals surface area contributed by atoms with Crippen molar-refractivity contribution in [2.45, 2.75) is 19.6 Å². The van der Waals surface area contributed by atoms with Gasteiger partial charge in [-0.15, -0.1) is 0 Å². The Morgan fingerprint density at radius 2 is 1.89 bits per heavy atom. The van der Waals surface area contributed by atoms with Crippen molar-refractivity contribution in [1.82, 2.24) is 14.0 Å². The van der Waals surface area contributed by atoms with Crippen molar-refractivity contribution in [3.8, 4) is 0 Å². The molecule has 0 amide bonds. The van der Waals surface area contributed by atoms with Gasteiger partial charge in [0.15, 0.2) is 11.5 Å². The van der Waals surface area contributed by atoms with Crippen molar-refractivity contribution in [2.24, 2.45) is 10.7 Å². The zero-order valence-corrected chi connectivity index (χ0v) is 16.3. The van der Waals surface area contributed by atoms with Gasteiger partial charge in [0, 0.05) is 0 Å². The predicted octanol–water partition coefficient (Wildman–Crippen LogP) is 0.858. The molecule has 2 N–H and O–H groups in total. The zero-order valence-electron chi connectivity index (χ0n) is 14.7. The molecular weight excluding hydrogens is 401 g/mol. The molecule has 0 aliphatic carbocycles. The lowest BCUT2D eigenvalue weighted by molar-refractivity contribution is 0.301. The molecule has 1 heterocycles. The second-order valence-electron chi connectivity index (χ2n) is 5.72. The molecule has 2 rings (SSSR count). The Balaban J connectivity index is 2.40. The Morgan fingerprint density at radius 1 is 1.26 bits per heavy atom. The summed E-state index contributed by atoms with van der Waals surface area (Å²) >= 11 is 0. The number of halogens is 1. The van der Waals surface area contributed by atoms with Crippen molar-refractivity contribution >= 4 is 31.6 Å². The number of hydrogen-bond donors (Lipinski definition) is 1. The molecule has 0 aliphatic rings. The Bertz CT molecular complexity index is 1030. The Kier molecular flexibility index (Phi) is 5.97. The minimum atomic E-state index is -4.10. The molecule has 148 valence electrons. The number of hydrogen-bond acceptors (Lipinski definition) is 8. The van der Waals surface area contributed by atoms with Crippen LogP contribution in [0, 0.1) is 0 Å². The van der Waals surface area contributed by atoms with Crippen molar-refractivity contribution in [3.63, 3.8) is 0 Å². The quantitative estimate of drug-likeness (QED) is 0.513. The van der Waals surface area contributed by atoms with E-state index in [0.717, 1.165) is 12.5 Å². The maximum Gasteiger partial charge on any atom is 0.224 e. The van der Waals surface area contributed by atoms with Gasteiger partial charge < -0.3 is 5.73 Å². The maximum atomic E-state index is 13.4. The number of benzene rings is 1. The number of alkyl halides is 1. The maximum absolute atomic E-state index is 13.4. The third-order valence-electron chi connectivity index (χ3n) is 3.40. The lowest BCUT2D eigenvalue weighted by atomic mass is 10.1. The summed E-state index contributed by atoms with van der Waals surface area (Å²) in [6.07, 6.45) is 0.272. The monoisotopic (exact) mass is 419 g/mol. The molecular formula is C14H18FN5O5S2. The van der Waals surface area contributed by atoms with Gasteiger partial charge in [0.25, 0.3) is 0 Å². The lowest BCUT2D eigenvalue weighted by Crippen LogP contribution is -2.35. The fraction of sp³-hybridized carbons (Fsp3) is 0.357. The molecule has 1 aromatic carbocycles. The topological polar surface area (TPSA) is 149 Å². The molecule has 0 saturated heterocycles. The lowest BCUT2D eigenvalue weighted by Gasteiger charge is -2.15. The summed E-state index contributed by atoms with van der Waals surface area (Å²) in [5.74, 6) is -0.197. The smallest absolute Gasteiger partial charge is 0.224 e. The van der Waals surface area contributed by atoms with Crippen LogP contribution in [0.5, 0.6) is 0 Å². The molecule has 1 atom stereocenters. The van der Waals surface area contributed by atoms with E-state index >= 15 is 0 Å². The third-order valence-corrected chi connectivity index (χ3v) is 6.76. The second kappa shape index (κ2) is 7.70. The van der Waals surface area contributed by atoms with E-state index in [9.17, 15) is 21.2 Å². The van der Waals surface area contributed by atoms with E-state index in [-0.39, 0.29) is 20.9 Å². The normalized spacial score (nSPS) is 14.5. The standard InChI is InChI=1S/C14H18FN5O5S2/c1-9(15)10-5-4-6-11(7-10)17-14(16)13-12(18-25-19-13)8-20(26(2,21)22)27(3,23)24/h4-7,9H,8H2,1-3H3,(H2,16,17).